The molecule has 0 aliphatic heterocycles. The van der Waals surface area contributed by atoms with Crippen molar-refractivity contribution in [2.24, 2.45) is 0 Å². The minimum atomic E-state index is -0.258. The van der Waals surface area contributed by atoms with E-state index in [1.165, 1.54) is 12.1 Å². The van der Waals surface area contributed by atoms with Crippen molar-refractivity contribution >= 4 is 26.8 Å². The van der Waals surface area contributed by atoms with Gasteiger partial charge in [0.25, 0.3) is 0 Å². The van der Waals surface area contributed by atoms with Crippen LogP contribution < -0.4 is 0 Å². The molecule has 0 aliphatic rings. The highest BCUT2D eigenvalue weighted by Crippen LogP contribution is 2.29. The number of H-pyrrole nitrogens is 1. The fourth-order valence-corrected chi connectivity index (χ4v) is 2.13. The van der Waals surface area contributed by atoms with Gasteiger partial charge in [0.05, 0.1) is 17.4 Å². The minimum absolute atomic E-state index is 0.258. The number of hydrogen-bond donors (Lipinski definition) is 1. The summed E-state index contributed by atoms with van der Waals surface area (Å²) in [5.74, 6) is -0.258. The van der Waals surface area contributed by atoms with Gasteiger partial charge in [-0.1, -0.05) is 0 Å². The lowest BCUT2D eigenvalue weighted by atomic mass is 10.1. The van der Waals surface area contributed by atoms with Crippen LogP contribution >= 0.6 is 15.9 Å². The summed E-state index contributed by atoms with van der Waals surface area (Å²) in [5.41, 5.74) is 2.46. The zero-order valence-electron chi connectivity index (χ0n) is 8.61. The van der Waals surface area contributed by atoms with Crippen molar-refractivity contribution in [3.05, 3.63) is 46.9 Å². The highest BCUT2D eigenvalue weighted by atomic mass is 79.9. The van der Waals surface area contributed by atoms with E-state index in [1.807, 2.05) is 0 Å². The average molecular weight is 292 g/mol. The number of benzene rings is 1. The van der Waals surface area contributed by atoms with E-state index in [0.29, 0.717) is 0 Å². The van der Waals surface area contributed by atoms with Crippen LogP contribution in [-0.4, -0.2) is 15.2 Å². The summed E-state index contributed by atoms with van der Waals surface area (Å²) in [6, 6.07) is 6.24. The largest absolute Gasteiger partial charge is 0.276 e. The van der Waals surface area contributed by atoms with Crippen LogP contribution in [0.25, 0.3) is 22.2 Å². The van der Waals surface area contributed by atoms with Crippen LogP contribution in [0.1, 0.15) is 0 Å². The first kappa shape index (κ1) is 10.4. The van der Waals surface area contributed by atoms with Gasteiger partial charge in [0.1, 0.15) is 5.82 Å². The topological polar surface area (TPSA) is 41.6 Å². The van der Waals surface area contributed by atoms with E-state index in [0.717, 1.165) is 26.6 Å². The molecule has 0 atom stereocenters. The molecule has 3 rings (SSSR count). The summed E-state index contributed by atoms with van der Waals surface area (Å²) >= 11 is 3.41. The van der Waals surface area contributed by atoms with Gasteiger partial charge in [-0.3, -0.25) is 10.1 Å². The van der Waals surface area contributed by atoms with Gasteiger partial charge in [-0.05, 0) is 40.2 Å². The first-order valence-corrected chi connectivity index (χ1v) is 5.78. The number of aromatic nitrogens is 3. The van der Waals surface area contributed by atoms with E-state index in [2.05, 4.69) is 31.1 Å². The van der Waals surface area contributed by atoms with Crippen LogP contribution in [0.2, 0.25) is 0 Å². The lowest BCUT2D eigenvalue weighted by Gasteiger charge is -2.03. The van der Waals surface area contributed by atoms with Crippen LogP contribution in [0.4, 0.5) is 4.39 Å². The first-order valence-electron chi connectivity index (χ1n) is 4.99. The molecule has 0 bridgehead atoms. The van der Waals surface area contributed by atoms with Crippen molar-refractivity contribution in [3.8, 4) is 11.3 Å². The Morgan fingerprint density at radius 3 is 2.65 bits per heavy atom. The number of fused-ring (bicyclic) bond motifs is 1. The van der Waals surface area contributed by atoms with E-state index >= 15 is 0 Å². The molecule has 0 fully saturated rings. The van der Waals surface area contributed by atoms with Crippen LogP contribution in [0.5, 0.6) is 0 Å². The molecule has 0 saturated heterocycles. The number of nitrogens with zero attached hydrogens (tertiary/aromatic N) is 2. The summed E-state index contributed by atoms with van der Waals surface area (Å²) in [4.78, 5) is 4.34. The molecule has 17 heavy (non-hydrogen) atoms. The zero-order valence-corrected chi connectivity index (χ0v) is 10.2. The van der Waals surface area contributed by atoms with Crippen molar-refractivity contribution < 1.29 is 4.39 Å². The molecule has 84 valence electrons. The Bertz CT molecular complexity index is 676. The minimum Gasteiger partial charge on any atom is -0.276 e. The Kier molecular flexibility index (Phi) is 2.40. The number of halogens is 2. The highest BCUT2D eigenvalue weighted by Gasteiger charge is 2.09. The average Bonchev–Trinajstić information content (AvgIpc) is 2.81. The predicted octanol–water partition coefficient (Wildman–Crippen LogP) is 3.53. The smallest absolute Gasteiger partial charge is 0.123 e. The lowest BCUT2D eigenvalue weighted by molar-refractivity contribution is 0.628. The molecule has 0 spiro atoms. The number of aromatic amines is 1. The van der Waals surface area contributed by atoms with Gasteiger partial charge in [-0.15, -0.1) is 0 Å². The van der Waals surface area contributed by atoms with Gasteiger partial charge in [-0.2, -0.15) is 5.10 Å². The van der Waals surface area contributed by atoms with E-state index in [-0.39, 0.29) is 5.82 Å². The maximum absolute atomic E-state index is 12.9. The second-order valence-electron chi connectivity index (χ2n) is 3.62. The Labute approximate surface area is 105 Å². The Morgan fingerprint density at radius 2 is 1.88 bits per heavy atom. The summed E-state index contributed by atoms with van der Waals surface area (Å²) in [7, 11) is 0. The summed E-state index contributed by atoms with van der Waals surface area (Å²) < 4.78 is 13.8. The third kappa shape index (κ3) is 1.72. The molecule has 2 heterocycles. The Morgan fingerprint density at radius 1 is 1.12 bits per heavy atom. The first-order chi connectivity index (χ1) is 8.25. The van der Waals surface area contributed by atoms with Gasteiger partial charge in [0.2, 0.25) is 0 Å². The number of hydrogen-bond acceptors (Lipinski definition) is 2. The highest BCUT2D eigenvalue weighted by molar-refractivity contribution is 9.10. The Hall–Kier alpha value is -1.75. The van der Waals surface area contributed by atoms with E-state index in [4.69, 9.17) is 0 Å². The van der Waals surface area contributed by atoms with E-state index in [9.17, 15) is 4.39 Å². The molecular formula is C12H7BrFN3. The fraction of sp³-hybridized carbons (Fsp3) is 0. The lowest BCUT2D eigenvalue weighted by Crippen LogP contribution is -1.87. The predicted molar refractivity (Wildman–Crippen MR) is 67.0 cm³/mol. The second kappa shape index (κ2) is 3.92. The molecule has 3 nitrogen and oxygen atoms in total. The van der Waals surface area contributed by atoms with E-state index < -0.39 is 0 Å². The Balaban J connectivity index is 2.27. The van der Waals surface area contributed by atoms with Gasteiger partial charge < -0.3 is 0 Å². The molecule has 0 aliphatic carbocycles. The maximum Gasteiger partial charge on any atom is 0.123 e. The van der Waals surface area contributed by atoms with Gasteiger partial charge in [0, 0.05) is 21.6 Å². The van der Waals surface area contributed by atoms with E-state index in [1.54, 1.807) is 24.5 Å². The molecule has 5 heteroatoms. The van der Waals surface area contributed by atoms with Crippen LogP contribution in [0, 0.1) is 5.82 Å². The standard InChI is InChI=1S/C12H7BrFN3/c13-10-6-15-11(12-9(10)5-16-17-12)7-1-3-8(14)4-2-7/h1-6H,(H,16,17). The normalized spacial score (nSPS) is 10.9. The molecule has 3 aromatic rings. The summed E-state index contributed by atoms with van der Waals surface area (Å²) in [6.07, 6.45) is 3.45. The second-order valence-corrected chi connectivity index (χ2v) is 4.47. The molecule has 0 amide bonds. The maximum atomic E-state index is 12.9. The van der Waals surface area contributed by atoms with Gasteiger partial charge in [-0.25, -0.2) is 4.39 Å². The van der Waals surface area contributed by atoms with Crippen LogP contribution in [0.15, 0.2) is 41.1 Å². The molecule has 0 radical (unpaired) electrons. The van der Waals surface area contributed by atoms with Crippen LogP contribution in [-0.2, 0) is 0 Å². The molecule has 1 N–H and O–H groups in total. The van der Waals surface area contributed by atoms with Crippen molar-refractivity contribution in [1.29, 1.82) is 0 Å². The molecule has 0 unspecified atom stereocenters. The number of nitrogens with one attached hydrogen (secondary N) is 1. The van der Waals surface area contributed by atoms with Crippen molar-refractivity contribution in [1.82, 2.24) is 15.2 Å². The summed E-state index contributed by atoms with van der Waals surface area (Å²) in [5, 5.41) is 7.86. The third-order valence-corrected chi connectivity index (χ3v) is 3.19. The van der Waals surface area contributed by atoms with Gasteiger partial charge >= 0.3 is 0 Å². The zero-order chi connectivity index (χ0) is 11.8. The fourth-order valence-electron chi connectivity index (χ4n) is 1.73. The third-order valence-electron chi connectivity index (χ3n) is 2.56. The van der Waals surface area contributed by atoms with Crippen molar-refractivity contribution in [2.75, 3.05) is 0 Å². The summed E-state index contributed by atoms with van der Waals surface area (Å²) in [6.45, 7) is 0. The quantitative estimate of drug-likeness (QED) is 0.745. The van der Waals surface area contributed by atoms with Gasteiger partial charge in [0.15, 0.2) is 0 Å². The number of rotatable bonds is 1. The molecule has 2 aromatic heterocycles. The number of pyridine rings is 1. The monoisotopic (exact) mass is 291 g/mol. The molecule has 0 saturated carbocycles. The van der Waals surface area contributed by atoms with Crippen molar-refractivity contribution in [3.63, 3.8) is 0 Å². The molecule has 1 aromatic carbocycles. The van der Waals surface area contributed by atoms with Crippen molar-refractivity contribution in [2.45, 2.75) is 0 Å². The van der Waals surface area contributed by atoms with Crippen LogP contribution in [0.3, 0.4) is 0 Å². The SMILES string of the molecule is Fc1ccc(-c2ncc(Br)c3cn[nH]c23)cc1. The molecular weight excluding hydrogens is 285 g/mol.